The minimum absolute atomic E-state index is 0.0390. The lowest BCUT2D eigenvalue weighted by molar-refractivity contribution is -0.154. The van der Waals surface area contributed by atoms with E-state index < -0.39 is 18.3 Å². The first-order valence-electron chi connectivity index (χ1n) is 5.41. The molecule has 5 atom stereocenters. The molecule has 4 heteroatoms. The lowest BCUT2D eigenvalue weighted by Crippen LogP contribution is -2.64. The molecule has 2 heterocycles. The molecule has 0 radical (unpaired) electrons. The van der Waals surface area contributed by atoms with E-state index in [2.05, 4.69) is 11.8 Å². The van der Waals surface area contributed by atoms with Gasteiger partial charge in [0.25, 0.3) is 0 Å². The number of aliphatic hydroxyl groups is 3. The molecule has 2 fully saturated rings. The number of piperidine rings is 2. The van der Waals surface area contributed by atoms with Crippen LogP contribution in [0.15, 0.2) is 0 Å². The molecule has 82 valence electrons. The van der Waals surface area contributed by atoms with Crippen LogP contribution in [0.3, 0.4) is 0 Å². The molecule has 0 aromatic heterocycles. The predicted octanol–water partition coefficient (Wildman–Crippen LogP) is -0.674. The molecule has 2 aliphatic heterocycles. The maximum atomic E-state index is 9.81. The van der Waals surface area contributed by atoms with Crippen molar-refractivity contribution >= 4 is 0 Å². The molecule has 2 rings (SSSR count). The van der Waals surface area contributed by atoms with Crippen molar-refractivity contribution in [1.29, 1.82) is 0 Å². The van der Waals surface area contributed by atoms with Crippen LogP contribution < -0.4 is 0 Å². The summed E-state index contributed by atoms with van der Waals surface area (Å²) in [5.74, 6) is 0. The van der Waals surface area contributed by atoms with E-state index in [9.17, 15) is 15.3 Å². The fourth-order valence-electron chi connectivity index (χ4n) is 2.74. The second-order valence-corrected chi connectivity index (χ2v) is 4.59. The van der Waals surface area contributed by atoms with Crippen molar-refractivity contribution in [3.05, 3.63) is 0 Å². The monoisotopic (exact) mass is 201 g/mol. The lowest BCUT2D eigenvalue weighted by Gasteiger charge is -2.49. The van der Waals surface area contributed by atoms with Crippen LogP contribution in [0.4, 0.5) is 0 Å². The Morgan fingerprint density at radius 3 is 2.50 bits per heavy atom. The van der Waals surface area contributed by atoms with Gasteiger partial charge in [0.1, 0.15) is 6.10 Å². The van der Waals surface area contributed by atoms with Gasteiger partial charge in [0, 0.05) is 18.6 Å². The smallest absolute Gasteiger partial charge is 0.108 e. The molecule has 0 spiro atoms. The molecule has 0 aliphatic carbocycles. The van der Waals surface area contributed by atoms with Gasteiger partial charge in [-0.2, -0.15) is 0 Å². The summed E-state index contributed by atoms with van der Waals surface area (Å²) < 4.78 is 0. The van der Waals surface area contributed by atoms with Gasteiger partial charge >= 0.3 is 0 Å². The second-order valence-electron chi connectivity index (χ2n) is 4.59. The van der Waals surface area contributed by atoms with Gasteiger partial charge in [-0.3, -0.25) is 4.90 Å². The van der Waals surface area contributed by atoms with E-state index in [4.69, 9.17) is 0 Å². The van der Waals surface area contributed by atoms with Crippen molar-refractivity contribution in [2.24, 2.45) is 0 Å². The Hall–Kier alpha value is -0.160. The number of aliphatic hydroxyl groups excluding tert-OH is 3. The zero-order valence-electron chi connectivity index (χ0n) is 8.50. The first-order valence-corrected chi connectivity index (χ1v) is 5.41. The Labute approximate surface area is 84.2 Å². The van der Waals surface area contributed by atoms with Crippen molar-refractivity contribution in [2.75, 3.05) is 6.54 Å². The summed E-state index contributed by atoms with van der Waals surface area (Å²) in [5.41, 5.74) is 0. The molecule has 2 aliphatic rings. The van der Waals surface area contributed by atoms with Gasteiger partial charge in [-0.05, 0) is 19.8 Å². The fraction of sp³-hybridized carbons (Fsp3) is 1.00. The summed E-state index contributed by atoms with van der Waals surface area (Å²) in [5, 5.41) is 28.9. The Kier molecular flexibility index (Phi) is 2.79. The standard InChI is InChI=1S/C10H19NO3/c1-6-3-2-4-7-9(13)10(14)8(12)5-11(6)7/h6-10,12-14H,2-5H2,1H3/t6-,7?,8+,9-,10-/m0/s1. The van der Waals surface area contributed by atoms with Gasteiger partial charge in [-0.15, -0.1) is 0 Å². The third-order valence-electron chi connectivity index (χ3n) is 3.65. The quantitative estimate of drug-likeness (QED) is 0.486. The Balaban J connectivity index is 2.13. The number of hydrogen-bond donors (Lipinski definition) is 3. The molecule has 0 saturated carbocycles. The minimum atomic E-state index is -0.971. The fourth-order valence-corrected chi connectivity index (χ4v) is 2.74. The van der Waals surface area contributed by atoms with E-state index >= 15 is 0 Å². The summed E-state index contributed by atoms with van der Waals surface area (Å²) in [6.07, 6.45) is 0.577. The highest BCUT2D eigenvalue weighted by molar-refractivity contribution is 4.97. The van der Waals surface area contributed by atoms with Gasteiger partial charge < -0.3 is 15.3 Å². The van der Waals surface area contributed by atoms with E-state index in [0.29, 0.717) is 12.6 Å². The largest absolute Gasteiger partial charge is 0.389 e. The molecule has 3 N–H and O–H groups in total. The predicted molar refractivity (Wildman–Crippen MR) is 51.8 cm³/mol. The SMILES string of the molecule is C[C@H]1CCCC2[C@H](O)[C@@H](O)[C@H](O)CN21. The zero-order chi connectivity index (χ0) is 10.3. The number of hydrogen-bond acceptors (Lipinski definition) is 4. The highest BCUT2D eigenvalue weighted by Gasteiger charge is 2.43. The number of nitrogens with zero attached hydrogens (tertiary/aromatic N) is 1. The van der Waals surface area contributed by atoms with Gasteiger partial charge in [0.2, 0.25) is 0 Å². The highest BCUT2D eigenvalue weighted by Crippen LogP contribution is 2.30. The summed E-state index contributed by atoms with van der Waals surface area (Å²) in [7, 11) is 0. The molecule has 0 bridgehead atoms. The molecule has 0 aromatic rings. The van der Waals surface area contributed by atoms with Crippen molar-refractivity contribution in [2.45, 2.75) is 56.6 Å². The van der Waals surface area contributed by atoms with Crippen molar-refractivity contribution < 1.29 is 15.3 Å². The average molecular weight is 201 g/mol. The van der Waals surface area contributed by atoms with Crippen LogP contribution in [0.2, 0.25) is 0 Å². The topological polar surface area (TPSA) is 63.9 Å². The number of fused-ring (bicyclic) bond motifs is 1. The molecule has 4 nitrogen and oxygen atoms in total. The van der Waals surface area contributed by atoms with Crippen LogP contribution in [-0.4, -0.2) is 57.2 Å². The van der Waals surface area contributed by atoms with Crippen molar-refractivity contribution in [1.82, 2.24) is 4.90 Å². The Morgan fingerprint density at radius 1 is 1.07 bits per heavy atom. The summed E-state index contributed by atoms with van der Waals surface area (Å²) in [6.45, 7) is 2.60. The molecule has 2 saturated heterocycles. The van der Waals surface area contributed by atoms with Crippen LogP contribution in [0.25, 0.3) is 0 Å². The third kappa shape index (κ3) is 1.56. The summed E-state index contributed by atoms with van der Waals surface area (Å²) >= 11 is 0. The van der Waals surface area contributed by atoms with Crippen LogP contribution in [0.5, 0.6) is 0 Å². The molecule has 14 heavy (non-hydrogen) atoms. The minimum Gasteiger partial charge on any atom is -0.389 e. The first kappa shape index (κ1) is 10.4. The normalized spacial score (nSPS) is 50.1. The van der Waals surface area contributed by atoms with Crippen LogP contribution in [0.1, 0.15) is 26.2 Å². The van der Waals surface area contributed by atoms with Gasteiger partial charge in [0.05, 0.1) is 12.2 Å². The highest BCUT2D eigenvalue weighted by atomic mass is 16.4. The van der Waals surface area contributed by atoms with Gasteiger partial charge in [-0.1, -0.05) is 6.42 Å². The average Bonchev–Trinajstić information content (AvgIpc) is 2.17. The van der Waals surface area contributed by atoms with E-state index in [1.165, 1.54) is 0 Å². The molecule has 0 aromatic carbocycles. The van der Waals surface area contributed by atoms with E-state index in [-0.39, 0.29) is 6.04 Å². The maximum absolute atomic E-state index is 9.81. The zero-order valence-corrected chi connectivity index (χ0v) is 8.50. The first-order chi connectivity index (χ1) is 6.61. The summed E-state index contributed by atoms with van der Waals surface area (Å²) in [6, 6.07) is 0.447. The van der Waals surface area contributed by atoms with E-state index in [0.717, 1.165) is 19.3 Å². The van der Waals surface area contributed by atoms with Gasteiger partial charge in [0.15, 0.2) is 0 Å². The second kappa shape index (κ2) is 3.77. The van der Waals surface area contributed by atoms with E-state index in [1.807, 2.05) is 0 Å². The van der Waals surface area contributed by atoms with Crippen molar-refractivity contribution in [3.8, 4) is 0 Å². The Bertz CT molecular complexity index is 212. The van der Waals surface area contributed by atoms with Crippen molar-refractivity contribution in [3.63, 3.8) is 0 Å². The number of rotatable bonds is 0. The van der Waals surface area contributed by atoms with Crippen LogP contribution in [-0.2, 0) is 0 Å². The van der Waals surface area contributed by atoms with Gasteiger partial charge in [-0.25, -0.2) is 0 Å². The molecular weight excluding hydrogens is 182 g/mol. The maximum Gasteiger partial charge on any atom is 0.108 e. The molecular formula is C10H19NO3. The molecule has 0 amide bonds. The molecule has 1 unspecified atom stereocenters. The van der Waals surface area contributed by atoms with E-state index in [1.54, 1.807) is 0 Å². The third-order valence-corrected chi connectivity index (χ3v) is 3.65. The summed E-state index contributed by atoms with van der Waals surface area (Å²) in [4.78, 5) is 2.13. The van der Waals surface area contributed by atoms with Crippen LogP contribution >= 0.6 is 0 Å². The lowest BCUT2D eigenvalue weighted by atomic mass is 9.85. The van der Waals surface area contributed by atoms with Crippen LogP contribution in [0, 0.1) is 0 Å². The Morgan fingerprint density at radius 2 is 1.79 bits per heavy atom.